The maximum atomic E-state index is 3.96. The van der Waals surface area contributed by atoms with Crippen molar-refractivity contribution in [2.24, 2.45) is 0 Å². The number of thiocarbonyl (C=S) groups is 2. The van der Waals surface area contributed by atoms with Gasteiger partial charge in [0, 0.05) is 4.31 Å². The van der Waals surface area contributed by atoms with E-state index in [1.807, 2.05) is 4.31 Å². The molecule has 0 aromatic carbocycles. The van der Waals surface area contributed by atoms with E-state index in [-0.39, 0.29) is 17.0 Å². The summed E-state index contributed by atoms with van der Waals surface area (Å²) < 4.78 is 1.92. The minimum absolute atomic E-state index is 0. The van der Waals surface area contributed by atoms with Crippen molar-refractivity contribution >= 4 is 45.7 Å². The van der Waals surface area contributed by atoms with Crippen LogP contribution in [0.15, 0.2) is 0 Å². The zero-order valence-corrected chi connectivity index (χ0v) is 5.07. The summed E-state index contributed by atoms with van der Waals surface area (Å²) in [5.74, 6) is 0. The first-order valence-corrected chi connectivity index (χ1v) is 1.22. The number of rotatable bonds is 0. The second-order valence-corrected chi connectivity index (χ2v) is 0.750. The van der Waals surface area contributed by atoms with Crippen molar-refractivity contribution in [3.63, 3.8) is 0 Å². The largest absolute Gasteiger partial charge is 0.114 e. The molecule has 0 aromatic heterocycles. The third kappa shape index (κ3) is 15.9. The van der Waals surface area contributed by atoms with E-state index >= 15 is 0 Å². The summed E-state index contributed by atoms with van der Waals surface area (Å²) in [5, 5.41) is 0. The van der Waals surface area contributed by atoms with Crippen molar-refractivity contribution in [1.29, 1.82) is 0 Å². The van der Waals surface area contributed by atoms with Crippen LogP contribution in [0.25, 0.3) is 0 Å². The Morgan fingerprint density at radius 3 is 1.25 bits per heavy atom. The highest BCUT2D eigenvalue weighted by Crippen LogP contribution is 1.29. The van der Waals surface area contributed by atoms with E-state index in [1.165, 1.54) is 0 Å². The molecular formula is CHBrS2. The van der Waals surface area contributed by atoms with Crippen LogP contribution in [0.1, 0.15) is 0 Å². The van der Waals surface area contributed by atoms with Crippen LogP contribution in [0, 0.1) is 0 Å². The molecule has 0 aliphatic rings. The smallest absolute Gasteiger partial charge is 0.0297 e. The Bertz CT molecular complexity index is 27.0. The van der Waals surface area contributed by atoms with E-state index in [2.05, 4.69) is 24.4 Å². The lowest BCUT2D eigenvalue weighted by atomic mass is 12.0. The van der Waals surface area contributed by atoms with Crippen LogP contribution in [-0.4, -0.2) is 4.31 Å². The summed E-state index contributed by atoms with van der Waals surface area (Å²) in [6.45, 7) is 0. The molecule has 0 heterocycles. The van der Waals surface area contributed by atoms with Crippen LogP contribution in [-0.2, 0) is 0 Å². The first kappa shape index (κ1) is 8.83. The molecule has 24 valence electrons. The second kappa shape index (κ2) is 9.33. The molecule has 0 saturated carbocycles. The average Bonchev–Trinajstić information content (AvgIpc) is 0.918. The van der Waals surface area contributed by atoms with Gasteiger partial charge in [-0.3, -0.25) is 0 Å². The standard InChI is InChI=1S/CS2.BrH/c2-1-3;/h;1H. The van der Waals surface area contributed by atoms with Gasteiger partial charge in [-0.05, 0) is 24.4 Å². The Labute approximate surface area is 46.0 Å². The SMILES string of the molecule is Br.S=C=S. The molecule has 0 amide bonds. The summed E-state index contributed by atoms with van der Waals surface area (Å²) in [6.07, 6.45) is 0. The van der Waals surface area contributed by atoms with Gasteiger partial charge in [-0.25, -0.2) is 0 Å². The third-order valence-electron chi connectivity index (χ3n) is 0. The van der Waals surface area contributed by atoms with Gasteiger partial charge in [0.05, 0.1) is 0 Å². The first-order valence-electron chi connectivity index (χ1n) is 0.408. The van der Waals surface area contributed by atoms with Crippen molar-refractivity contribution in [3.05, 3.63) is 0 Å². The van der Waals surface area contributed by atoms with Crippen LogP contribution < -0.4 is 0 Å². The van der Waals surface area contributed by atoms with Crippen molar-refractivity contribution in [1.82, 2.24) is 0 Å². The maximum Gasteiger partial charge on any atom is 0.0297 e. The number of hydrogen-bond donors (Lipinski definition) is 0. The average molecular weight is 157 g/mol. The number of hydrogen-bond acceptors (Lipinski definition) is 2. The van der Waals surface area contributed by atoms with Gasteiger partial charge in [0.1, 0.15) is 0 Å². The molecule has 0 fully saturated rings. The lowest BCUT2D eigenvalue weighted by Gasteiger charge is -0.992. The summed E-state index contributed by atoms with van der Waals surface area (Å²) in [4.78, 5) is 0. The molecule has 0 spiro atoms. The Kier molecular flexibility index (Phi) is 20.6. The highest BCUT2D eigenvalue weighted by molar-refractivity contribution is 8.93. The minimum atomic E-state index is 0. The van der Waals surface area contributed by atoms with Crippen LogP contribution in [0.4, 0.5) is 0 Å². The summed E-state index contributed by atoms with van der Waals surface area (Å²) in [6, 6.07) is 0. The van der Waals surface area contributed by atoms with Crippen molar-refractivity contribution in [2.75, 3.05) is 0 Å². The van der Waals surface area contributed by atoms with Crippen molar-refractivity contribution in [3.8, 4) is 0 Å². The Balaban J connectivity index is 0. The molecule has 0 nitrogen and oxygen atoms in total. The van der Waals surface area contributed by atoms with Gasteiger partial charge < -0.3 is 0 Å². The van der Waals surface area contributed by atoms with Crippen LogP contribution >= 0.6 is 41.4 Å². The van der Waals surface area contributed by atoms with E-state index in [1.54, 1.807) is 0 Å². The lowest BCUT2D eigenvalue weighted by Crippen LogP contribution is -0.917. The van der Waals surface area contributed by atoms with Gasteiger partial charge >= 0.3 is 0 Å². The fourth-order valence-corrected chi connectivity index (χ4v) is 0. The lowest BCUT2D eigenvalue weighted by molar-refractivity contribution is 4.67. The highest BCUT2D eigenvalue weighted by Gasteiger charge is 1.01. The molecule has 3 heteroatoms. The number of halogens is 1. The maximum absolute atomic E-state index is 3.96. The zero-order valence-electron chi connectivity index (χ0n) is 1.72. The van der Waals surface area contributed by atoms with Gasteiger partial charge in [-0.15, -0.1) is 17.0 Å². The van der Waals surface area contributed by atoms with Crippen molar-refractivity contribution < 1.29 is 0 Å². The van der Waals surface area contributed by atoms with Gasteiger partial charge in [0.25, 0.3) is 0 Å². The van der Waals surface area contributed by atoms with E-state index in [9.17, 15) is 0 Å². The molecule has 0 unspecified atom stereocenters. The Morgan fingerprint density at radius 2 is 1.25 bits per heavy atom. The molecule has 0 radical (unpaired) electrons. The second-order valence-electron chi connectivity index (χ2n) is 0.0833. The Morgan fingerprint density at radius 1 is 1.25 bits per heavy atom. The van der Waals surface area contributed by atoms with Gasteiger partial charge in [0.15, 0.2) is 0 Å². The molecular weight excluding hydrogens is 156 g/mol. The molecule has 0 bridgehead atoms. The van der Waals surface area contributed by atoms with E-state index < -0.39 is 0 Å². The monoisotopic (exact) mass is 156 g/mol. The minimum Gasteiger partial charge on any atom is -0.114 e. The Hall–Kier alpha value is 0.700. The molecule has 4 heavy (non-hydrogen) atoms. The normalized spacial score (nSPS) is 2.00. The summed E-state index contributed by atoms with van der Waals surface area (Å²) in [5.41, 5.74) is 0. The molecule has 0 aromatic rings. The van der Waals surface area contributed by atoms with Gasteiger partial charge in [0.2, 0.25) is 0 Å². The topological polar surface area (TPSA) is 0 Å². The quantitative estimate of drug-likeness (QED) is 0.490. The highest BCUT2D eigenvalue weighted by atomic mass is 79.9. The fourth-order valence-electron chi connectivity index (χ4n) is 0. The molecule has 0 aliphatic heterocycles. The van der Waals surface area contributed by atoms with Gasteiger partial charge in [-0.1, -0.05) is 0 Å². The third-order valence-corrected chi connectivity index (χ3v) is 0. The first-order chi connectivity index (χ1) is 1.41. The molecule has 0 N–H and O–H groups in total. The fraction of sp³-hybridized carbons (Fsp3) is 0. The molecule has 0 rings (SSSR count). The van der Waals surface area contributed by atoms with Crippen LogP contribution in [0.5, 0.6) is 0 Å². The van der Waals surface area contributed by atoms with E-state index in [0.29, 0.717) is 0 Å². The molecule has 0 atom stereocenters. The molecule has 0 saturated heterocycles. The zero-order chi connectivity index (χ0) is 2.71. The van der Waals surface area contributed by atoms with Gasteiger partial charge in [-0.2, -0.15) is 0 Å². The van der Waals surface area contributed by atoms with Crippen LogP contribution in [0.3, 0.4) is 0 Å². The predicted octanol–water partition coefficient (Wildman–Crippen LogP) is 1.60. The molecule has 0 aliphatic carbocycles. The van der Waals surface area contributed by atoms with E-state index in [0.717, 1.165) is 0 Å². The van der Waals surface area contributed by atoms with Crippen molar-refractivity contribution in [2.45, 2.75) is 0 Å². The predicted molar refractivity (Wildman–Crippen MR) is 30.5 cm³/mol. The van der Waals surface area contributed by atoms with Crippen LogP contribution in [0.2, 0.25) is 0 Å². The summed E-state index contributed by atoms with van der Waals surface area (Å²) in [7, 11) is 0. The van der Waals surface area contributed by atoms with E-state index in [4.69, 9.17) is 0 Å². The summed E-state index contributed by atoms with van der Waals surface area (Å²) >= 11 is 7.92.